The Balaban J connectivity index is 2.73. The Morgan fingerprint density at radius 1 is 1.55 bits per heavy atom. The molecule has 0 amide bonds. The van der Waals surface area contributed by atoms with Gasteiger partial charge in [-0.15, -0.1) is 11.3 Å². The molecular weight excluding hydrogens is 230 g/mol. The fourth-order valence-corrected chi connectivity index (χ4v) is 2.06. The molecule has 1 heterocycles. The Bertz CT molecular complexity index is 224. The molecule has 1 aromatic heterocycles. The maximum atomic E-state index is 5.03. The summed E-state index contributed by atoms with van der Waals surface area (Å²) in [6.45, 7) is 0. The van der Waals surface area contributed by atoms with Gasteiger partial charge in [-0.05, 0) is 15.9 Å². The van der Waals surface area contributed by atoms with Crippen LogP contribution in [0.25, 0.3) is 0 Å². The minimum Gasteiger partial charge on any atom is -0.351 e. The molecule has 0 radical (unpaired) electrons. The summed E-state index contributed by atoms with van der Waals surface area (Å²) in [7, 11) is 3.20. The average Bonchev–Trinajstić information content (AvgIpc) is 2.39. The van der Waals surface area contributed by atoms with Crippen molar-refractivity contribution in [1.29, 1.82) is 0 Å². The van der Waals surface area contributed by atoms with Crippen LogP contribution in [0.15, 0.2) is 10.1 Å². The molecule has 1 aromatic rings. The molecule has 0 spiro atoms. The minimum absolute atomic E-state index is 0.293. The number of ether oxygens (including phenoxy) is 2. The van der Waals surface area contributed by atoms with Crippen molar-refractivity contribution >= 4 is 27.3 Å². The largest absolute Gasteiger partial charge is 0.351 e. The van der Waals surface area contributed by atoms with E-state index in [4.69, 9.17) is 9.47 Å². The molecule has 0 aliphatic carbocycles. The van der Waals surface area contributed by atoms with E-state index in [1.54, 1.807) is 20.4 Å². The van der Waals surface area contributed by atoms with Crippen LogP contribution in [-0.2, 0) is 9.47 Å². The zero-order valence-electron chi connectivity index (χ0n) is 6.20. The van der Waals surface area contributed by atoms with Gasteiger partial charge in [0.05, 0.1) is 4.88 Å². The highest BCUT2D eigenvalue weighted by molar-refractivity contribution is 9.11. The van der Waals surface area contributed by atoms with E-state index < -0.39 is 0 Å². The molecule has 0 bridgehead atoms. The lowest BCUT2D eigenvalue weighted by Gasteiger charge is -2.09. The van der Waals surface area contributed by atoms with Crippen molar-refractivity contribution < 1.29 is 9.47 Å². The Hall–Kier alpha value is 0.0300. The molecule has 62 valence electrons. The topological polar surface area (TPSA) is 31.4 Å². The number of methoxy groups -OCH3 is 2. The molecule has 0 fully saturated rings. The number of nitrogens with zero attached hydrogens (tertiary/aromatic N) is 1. The van der Waals surface area contributed by atoms with Gasteiger partial charge in [0.25, 0.3) is 0 Å². The van der Waals surface area contributed by atoms with Crippen molar-refractivity contribution in [2.24, 2.45) is 0 Å². The first-order valence-electron chi connectivity index (χ1n) is 2.94. The molecule has 0 aliphatic heterocycles. The number of rotatable bonds is 3. The smallest absolute Gasteiger partial charge is 0.194 e. The third kappa shape index (κ3) is 2.23. The van der Waals surface area contributed by atoms with Crippen molar-refractivity contribution in [3.05, 3.63) is 15.0 Å². The lowest BCUT2D eigenvalue weighted by atomic mass is 10.5. The summed E-state index contributed by atoms with van der Waals surface area (Å²) in [5.74, 6) is 0. The number of hydrogen-bond donors (Lipinski definition) is 0. The molecule has 0 aromatic carbocycles. The van der Waals surface area contributed by atoms with Crippen molar-refractivity contribution in [3.63, 3.8) is 0 Å². The van der Waals surface area contributed by atoms with Gasteiger partial charge >= 0.3 is 0 Å². The van der Waals surface area contributed by atoms with Crippen LogP contribution in [0.4, 0.5) is 0 Å². The highest BCUT2D eigenvalue weighted by Gasteiger charge is 2.11. The third-order valence-electron chi connectivity index (χ3n) is 1.16. The summed E-state index contributed by atoms with van der Waals surface area (Å²) in [5, 5.41) is 0. The summed E-state index contributed by atoms with van der Waals surface area (Å²) < 4.78 is 10.9. The molecule has 0 saturated carbocycles. The van der Waals surface area contributed by atoms with Gasteiger partial charge in [-0.3, -0.25) is 0 Å². The second-order valence-electron chi connectivity index (χ2n) is 1.82. The number of thiazole rings is 1. The summed E-state index contributed by atoms with van der Waals surface area (Å²) in [6.07, 6.45) is 1.44. The summed E-state index contributed by atoms with van der Waals surface area (Å²) in [5.41, 5.74) is 0. The molecule has 5 heteroatoms. The van der Waals surface area contributed by atoms with Gasteiger partial charge in [0.1, 0.15) is 0 Å². The standard InChI is InChI=1S/C6H8BrNO2S/c1-9-5(10-2)4-3-8-6(7)11-4/h3,5H,1-2H3. The van der Waals surface area contributed by atoms with Gasteiger partial charge in [-0.2, -0.15) is 0 Å². The Morgan fingerprint density at radius 2 is 2.18 bits per heavy atom. The zero-order valence-corrected chi connectivity index (χ0v) is 8.61. The second-order valence-corrected chi connectivity index (χ2v) is 4.16. The number of halogens is 1. The number of hydrogen-bond acceptors (Lipinski definition) is 4. The summed E-state index contributed by atoms with van der Waals surface area (Å²) in [4.78, 5) is 4.97. The molecule has 1 rings (SSSR count). The van der Waals surface area contributed by atoms with E-state index in [9.17, 15) is 0 Å². The first-order valence-corrected chi connectivity index (χ1v) is 4.55. The van der Waals surface area contributed by atoms with E-state index in [0.717, 1.165) is 8.79 Å². The molecule has 0 aliphatic rings. The van der Waals surface area contributed by atoms with Gasteiger partial charge in [0.15, 0.2) is 10.2 Å². The maximum absolute atomic E-state index is 5.03. The molecule has 0 unspecified atom stereocenters. The predicted molar refractivity (Wildman–Crippen MR) is 46.6 cm³/mol. The highest BCUT2D eigenvalue weighted by Crippen LogP contribution is 2.26. The van der Waals surface area contributed by atoms with Crippen LogP contribution in [0.1, 0.15) is 11.2 Å². The molecule has 0 N–H and O–H groups in total. The van der Waals surface area contributed by atoms with E-state index in [1.807, 2.05) is 0 Å². The Morgan fingerprint density at radius 3 is 2.55 bits per heavy atom. The lowest BCUT2D eigenvalue weighted by Crippen LogP contribution is -2.00. The van der Waals surface area contributed by atoms with Crippen molar-refractivity contribution in [2.45, 2.75) is 6.29 Å². The van der Waals surface area contributed by atoms with Gasteiger partial charge in [0.2, 0.25) is 0 Å². The average molecular weight is 238 g/mol. The number of aromatic nitrogens is 1. The molecular formula is C6H8BrNO2S. The van der Waals surface area contributed by atoms with E-state index in [2.05, 4.69) is 20.9 Å². The predicted octanol–water partition coefficient (Wildman–Crippen LogP) is 2.20. The maximum Gasteiger partial charge on any atom is 0.194 e. The van der Waals surface area contributed by atoms with Crippen LogP contribution in [0, 0.1) is 0 Å². The molecule has 3 nitrogen and oxygen atoms in total. The Kier molecular flexibility index (Phi) is 3.45. The van der Waals surface area contributed by atoms with Gasteiger partial charge < -0.3 is 9.47 Å². The minimum atomic E-state index is -0.293. The highest BCUT2D eigenvalue weighted by atomic mass is 79.9. The van der Waals surface area contributed by atoms with E-state index in [1.165, 1.54) is 11.3 Å². The van der Waals surface area contributed by atoms with Crippen molar-refractivity contribution in [3.8, 4) is 0 Å². The first kappa shape index (κ1) is 9.12. The zero-order chi connectivity index (χ0) is 8.27. The van der Waals surface area contributed by atoms with Crippen LogP contribution >= 0.6 is 27.3 Å². The van der Waals surface area contributed by atoms with Crippen LogP contribution in [0.2, 0.25) is 0 Å². The van der Waals surface area contributed by atoms with Crippen LogP contribution in [0.3, 0.4) is 0 Å². The summed E-state index contributed by atoms with van der Waals surface area (Å²) >= 11 is 4.76. The third-order valence-corrected chi connectivity index (χ3v) is 2.65. The van der Waals surface area contributed by atoms with E-state index >= 15 is 0 Å². The molecule has 11 heavy (non-hydrogen) atoms. The van der Waals surface area contributed by atoms with Crippen molar-refractivity contribution in [1.82, 2.24) is 4.98 Å². The Labute approximate surface area is 77.5 Å². The fraction of sp³-hybridized carbons (Fsp3) is 0.500. The molecule has 0 atom stereocenters. The van der Waals surface area contributed by atoms with Crippen LogP contribution in [0.5, 0.6) is 0 Å². The fourth-order valence-electron chi connectivity index (χ4n) is 0.702. The van der Waals surface area contributed by atoms with Crippen molar-refractivity contribution in [2.75, 3.05) is 14.2 Å². The molecule has 0 saturated heterocycles. The quantitative estimate of drug-likeness (QED) is 0.756. The van der Waals surface area contributed by atoms with Crippen LogP contribution < -0.4 is 0 Å². The van der Waals surface area contributed by atoms with E-state index in [0.29, 0.717) is 0 Å². The lowest BCUT2D eigenvalue weighted by molar-refractivity contribution is -0.103. The van der Waals surface area contributed by atoms with Gasteiger partial charge in [0, 0.05) is 20.4 Å². The first-order chi connectivity index (χ1) is 5.27. The van der Waals surface area contributed by atoms with E-state index in [-0.39, 0.29) is 6.29 Å². The normalized spacial score (nSPS) is 10.9. The van der Waals surface area contributed by atoms with Gasteiger partial charge in [-0.25, -0.2) is 4.98 Å². The van der Waals surface area contributed by atoms with Gasteiger partial charge in [-0.1, -0.05) is 0 Å². The second kappa shape index (κ2) is 4.15. The summed E-state index contributed by atoms with van der Waals surface area (Å²) in [6, 6.07) is 0. The monoisotopic (exact) mass is 237 g/mol. The SMILES string of the molecule is COC(OC)c1cnc(Br)s1. The van der Waals surface area contributed by atoms with Crippen LogP contribution in [-0.4, -0.2) is 19.2 Å².